The number of unbranched alkanes of at least 4 members (excludes halogenated alkanes) is 28. The highest BCUT2D eigenvalue weighted by Gasteiger charge is 2.22. The first-order valence-electron chi connectivity index (χ1n) is 20.0. The largest absolute Gasteiger partial charge is 0.394 e. The maximum atomic E-state index is 12.4. The quantitative estimate of drug-likeness (QED) is 0.0406. The van der Waals surface area contributed by atoms with Crippen LogP contribution in [0.25, 0.3) is 0 Å². The summed E-state index contributed by atoms with van der Waals surface area (Å²) in [6, 6.07) is -0.791. The number of rotatable bonds is 36. The van der Waals surface area contributed by atoms with Gasteiger partial charge in [0.15, 0.2) is 0 Å². The molecule has 268 valence electrons. The van der Waals surface area contributed by atoms with Crippen LogP contribution in [0.15, 0.2) is 12.2 Å². The summed E-state index contributed by atoms with van der Waals surface area (Å²) in [5.41, 5.74) is 0. The highest BCUT2D eigenvalue weighted by Crippen LogP contribution is 2.15. The molecule has 5 nitrogen and oxygen atoms in total. The molecule has 0 heterocycles. The Bertz CT molecular complexity index is 625. The molecule has 0 fully saturated rings. The van der Waals surface area contributed by atoms with Crippen LogP contribution in [-0.4, -0.2) is 46.1 Å². The third-order valence-corrected chi connectivity index (χ3v) is 9.38. The van der Waals surface area contributed by atoms with Crippen LogP contribution in [0, 0.1) is 0 Å². The Morgan fingerprint density at radius 3 is 1.22 bits per heavy atom. The van der Waals surface area contributed by atoms with E-state index in [0.29, 0.717) is 6.42 Å². The van der Waals surface area contributed by atoms with Gasteiger partial charge in [0.25, 0.3) is 0 Å². The summed E-state index contributed by atoms with van der Waals surface area (Å²) in [5, 5.41) is 33.0. The Hall–Kier alpha value is -0.910. The fourth-order valence-corrected chi connectivity index (χ4v) is 6.18. The molecule has 3 atom stereocenters. The van der Waals surface area contributed by atoms with Crippen LogP contribution in [0.5, 0.6) is 0 Å². The monoisotopic (exact) mass is 638 g/mol. The lowest BCUT2D eigenvalue weighted by atomic mass is 10.0. The van der Waals surface area contributed by atoms with E-state index in [9.17, 15) is 20.1 Å². The van der Waals surface area contributed by atoms with Crippen molar-refractivity contribution in [3.8, 4) is 0 Å². The normalized spacial score (nSPS) is 13.8. The standard InChI is InChI=1S/C40H79NO4/c1-3-5-7-9-11-13-15-17-19-21-22-24-26-28-30-32-34-38(43)37(36-42)41-40(45)39(44)35-33-31-29-27-25-23-20-18-16-14-12-10-8-6-4-2/h32,34,37-39,42-44H,3-31,33,35-36H2,1-2H3,(H,41,45)/b34-32+. The number of aliphatic hydroxyl groups is 3. The second kappa shape index (κ2) is 35.9. The topological polar surface area (TPSA) is 89.8 Å². The van der Waals surface area contributed by atoms with Crippen molar-refractivity contribution in [2.24, 2.45) is 0 Å². The Balaban J connectivity index is 3.69. The van der Waals surface area contributed by atoms with Crippen LogP contribution in [0.3, 0.4) is 0 Å². The second-order valence-electron chi connectivity index (χ2n) is 13.9. The average Bonchev–Trinajstić information content (AvgIpc) is 3.04. The van der Waals surface area contributed by atoms with Crippen LogP contribution in [0.1, 0.15) is 213 Å². The zero-order chi connectivity index (χ0) is 33.1. The lowest BCUT2D eigenvalue weighted by Gasteiger charge is -2.21. The number of nitrogens with one attached hydrogen (secondary N) is 1. The summed E-state index contributed by atoms with van der Waals surface area (Å²) >= 11 is 0. The van der Waals surface area contributed by atoms with E-state index in [-0.39, 0.29) is 6.61 Å². The molecule has 1 amide bonds. The first kappa shape index (κ1) is 44.1. The summed E-state index contributed by atoms with van der Waals surface area (Å²) in [6.45, 7) is 4.18. The van der Waals surface area contributed by atoms with Crippen molar-refractivity contribution in [1.29, 1.82) is 0 Å². The maximum Gasteiger partial charge on any atom is 0.249 e. The van der Waals surface area contributed by atoms with Gasteiger partial charge in [-0.15, -0.1) is 0 Å². The number of allylic oxidation sites excluding steroid dienone is 1. The van der Waals surface area contributed by atoms with Crippen molar-refractivity contribution >= 4 is 5.91 Å². The van der Waals surface area contributed by atoms with Gasteiger partial charge in [-0.25, -0.2) is 0 Å². The Morgan fingerprint density at radius 2 is 0.867 bits per heavy atom. The molecule has 3 unspecified atom stereocenters. The smallest absolute Gasteiger partial charge is 0.249 e. The van der Waals surface area contributed by atoms with E-state index >= 15 is 0 Å². The summed E-state index contributed by atoms with van der Waals surface area (Å²) in [6.07, 6.45) is 40.8. The molecular weight excluding hydrogens is 558 g/mol. The molecule has 0 aromatic carbocycles. The molecular formula is C40H79NO4. The van der Waals surface area contributed by atoms with E-state index in [0.717, 1.165) is 32.1 Å². The zero-order valence-electron chi connectivity index (χ0n) is 30.3. The van der Waals surface area contributed by atoms with Crippen LogP contribution >= 0.6 is 0 Å². The van der Waals surface area contributed by atoms with Gasteiger partial charge in [-0.3, -0.25) is 4.79 Å². The number of carbonyl (C=O) groups excluding carboxylic acids is 1. The summed E-state index contributed by atoms with van der Waals surface area (Å²) < 4.78 is 0. The van der Waals surface area contributed by atoms with E-state index < -0.39 is 24.2 Å². The third kappa shape index (κ3) is 31.5. The molecule has 0 aliphatic heterocycles. The Morgan fingerprint density at radius 1 is 0.533 bits per heavy atom. The molecule has 0 aliphatic carbocycles. The van der Waals surface area contributed by atoms with Gasteiger partial charge in [-0.2, -0.15) is 0 Å². The Labute approximate surface area is 280 Å². The number of carbonyl (C=O) groups is 1. The molecule has 0 aromatic rings. The lowest BCUT2D eigenvalue weighted by Crippen LogP contribution is -2.48. The second-order valence-corrected chi connectivity index (χ2v) is 13.9. The van der Waals surface area contributed by atoms with E-state index in [1.807, 2.05) is 6.08 Å². The molecule has 0 saturated heterocycles. The van der Waals surface area contributed by atoms with Crippen molar-refractivity contribution in [1.82, 2.24) is 5.32 Å². The van der Waals surface area contributed by atoms with Crippen molar-refractivity contribution in [2.75, 3.05) is 6.61 Å². The van der Waals surface area contributed by atoms with E-state index in [4.69, 9.17) is 0 Å². The highest BCUT2D eigenvalue weighted by atomic mass is 16.3. The van der Waals surface area contributed by atoms with Gasteiger partial charge in [0, 0.05) is 0 Å². The zero-order valence-corrected chi connectivity index (χ0v) is 30.3. The van der Waals surface area contributed by atoms with E-state index in [1.54, 1.807) is 6.08 Å². The van der Waals surface area contributed by atoms with Crippen LogP contribution in [-0.2, 0) is 4.79 Å². The van der Waals surface area contributed by atoms with Crippen molar-refractivity contribution in [3.05, 3.63) is 12.2 Å². The molecule has 4 N–H and O–H groups in total. The van der Waals surface area contributed by atoms with Crippen molar-refractivity contribution < 1.29 is 20.1 Å². The van der Waals surface area contributed by atoms with Gasteiger partial charge in [-0.1, -0.05) is 206 Å². The van der Waals surface area contributed by atoms with Gasteiger partial charge in [0.1, 0.15) is 6.10 Å². The number of amides is 1. The first-order chi connectivity index (χ1) is 22.1. The SMILES string of the molecule is CCCCCCCCCCCCCCCC/C=C/C(O)C(CO)NC(=O)C(O)CCCCCCCCCCCCCCCCC. The van der Waals surface area contributed by atoms with Gasteiger partial charge in [-0.05, 0) is 19.3 Å². The molecule has 0 bridgehead atoms. The minimum absolute atomic E-state index is 0.359. The van der Waals surface area contributed by atoms with Crippen molar-refractivity contribution in [2.45, 2.75) is 231 Å². The minimum atomic E-state index is -1.09. The predicted molar refractivity (Wildman–Crippen MR) is 195 cm³/mol. The lowest BCUT2D eigenvalue weighted by molar-refractivity contribution is -0.131. The molecule has 0 radical (unpaired) electrons. The van der Waals surface area contributed by atoms with Crippen LogP contribution in [0.2, 0.25) is 0 Å². The molecule has 0 rings (SSSR count). The number of aliphatic hydroxyl groups excluding tert-OH is 3. The van der Waals surface area contributed by atoms with Crippen LogP contribution < -0.4 is 5.32 Å². The summed E-state index contributed by atoms with van der Waals surface area (Å²) in [4.78, 5) is 12.4. The molecule has 45 heavy (non-hydrogen) atoms. The number of hydrogen-bond acceptors (Lipinski definition) is 4. The predicted octanol–water partition coefficient (Wildman–Crippen LogP) is 10.9. The van der Waals surface area contributed by atoms with Gasteiger partial charge < -0.3 is 20.6 Å². The molecule has 0 saturated carbocycles. The highest BCUT2D eigenvalue weighted by molar-refractivity contribution is 5.80. The summed E-state index contributed by atoms with van der Waals surface area (Å²) in [7, 11) is 0. The fraction of sp³-hybridized carbons (Fsp3) is 0.925. The summed E-state index contributed by atoms with van der Waals surface area (Å²) in [5.74, 6) is -0.501. The number of hydrogen-bond donors (Lipinski definition) is 4. The molecule has 0 aromatic heterocycles. The fourth-order valence-electron chi connectivity index (χ4n) is 6.18. The molecule has 0 aliphatic rings. The molecule has 5 heteroatoms. The third-order valence-electron chi connectivity index (χ3n) is 9.38. The van der Waals surface area contributed by atoms with Gasteiger partial charge in [0.2, 0.25) is 5.91 Å². The molecule has 0 spiro atoms. The minimum Gasteiger partial charge on any atom is -0.394 e. The maximum absolute atomic E-state index is 12.4. The average molecular weight is 638 g/mol. The van der Waals surface area contributed by atoms with Crippen LogP contribution in [0.4, 0.5) is 0 Å². The van der Waals surface area contributed by atoms with E-state index in [2.05, 4.69) is 19.2 Å². The Kier molecular flexibility index (Phi) is 35.2. The van der Waals surface area contributed by atoms with Gasteiger partial charge in [0.05, 0.1) is 18.8 Å². The van der Waals surface area contributed by atoms with E-state index in [1.165, 1.54) is 161 Å². The van der Waals surface area contributed by atoms with Crippen molar-refractivity contribution in [3.63, 3.8) is 0 Å². The first-order valence-corrected chi connectivity index (χ1v) is 20.0. The van der Waals surface area contributed by atoms with Gasteiger partial charge >= 0.3 is 0 Å².